The third kappa shape index (κ3) is 4.36. The zero-order chi connectivity index (χ0) is 8.85. The molecule has 11 heavy (non-hydrogen) atoms. The molecule has 0 bridgehead atoms. The average Bonchev–Trinajstić information content (AvgIpc) is 1.98. The zero-order valence-electron chi connectivity index (χ0n) is 7.37. The second-order valence-corrected chi connectivity index (χ2v) is 2.43. The SMILES string of the molecule is COC(=O)C(C)N=CN(C)C. The van der Waals surface area contributed by atoms with Crippen LogP contribution in [0.25, 0.3) is 0 Å². The Hall–Kier alpha value is -1.06. The fraction of sp³-hybridized carbons (Fsp3) is 0.714. The van der Waals surface area contributed by atoms with E-state index >= 15 is 0 Å². The Kier molecular flexibility index (Phi) is 4.26. The summed E-state index contributed by atoms with van der Waals surface area (Å²) < 4.78 is 4.47. The maximum atomic E-state index is 10.8. The molecule has 0 aromatic carbocycles. The summed E-state index contributed by atoms with van der Waals surface area (Å²) in [6, 6.07) is -0.414. The fourth-order valence-corrected chi connectivity index (χ4v) is 0.465. The van der Waals surface area contributed by atoms with Gasteiger partial charge in [0.25, 0.3) is 0 Å². The van der Waals surface area contributed by atoms with Crippen LogP contribution < -0.4 is 0 Å². The Bertz CT molecular complexity index is 155. The lowest BCUT2D eigenvalue weighted by Crippen LogP contribution is -2.18. The van der Waals surface area contributed by atoms with Crippen LogP contribution >= 0.6 is 0 Å². The Labute approximate surface area is 66.9 Å². The first-order valence-corrected chi connectivity index (χ1v) is 3.35. The number of carbonyl (C=O) groups is 1. The van der Waals surface area contributed by atoms with E-state index in [2.05, 4.69) is 9.73 Å². The van der Waals surface area contributed by atoms with E-state index < -0.39 is 6.04 Å². The normalized spacial score (nSPS) is 13.1. The molecule has 0 amide bonds. The molecule has 0 saturated carbocycles. The van der Waals surface area contributed by atoms with E-state index in [1.807, 2.05) is 14.1 Å². The quantitative estimate of drug-likeness (QED) is 0.333. The van der Waals surface area contributed by atoms with Gasteiger partial charge in [0, 0.05) is 14.1 Å². The molecule has 0 fully saturated rings. The molecule has 0 rings (SSSR count). The van der Waals surface area contributed by atoms with E-state index in [1.54, 1.807) is 18.2 Å². The van der Waals surface area contributed by atoms with E-state index in [0.29, 0.717) is 0 Å². The van der Waals surface area contributed by atoms with Gasteiger partial charge >= 0.3 is 5.97 Å². The summed E-state index contributed by atoms with van der Waals surface area (Å²) in [5.41, 5.74) is 0. The molecule has 4 nitrogen and oxygen atoms in total. The van der Waals surface area contributed by atoms with Crippen LogP contribution in [-0.2, 0) is 9.53 Å². The highest BCUT2D eigenvalue weighted by molar-refractivity contribution is 5.77. The summed E-state index contributed by atoms with van der Waals surface area (Å²) >= 11 is 0. The van der Waals surface area contributed by atoms with E-state index in [4.69, 9.17) is 0 Å². The number of methoxy groups -OCH3 is 1. The van der Waals surface area contributed by atoms with Gasteiger partial charge in [-0.1, -0.05) is 0 Å². The summed E-state index contributed by atoms with van der Waals surface area (Å²) in [5, 5.41) is 0. The zero-order valence-corrected chi connectivity index (χ0v) is 7.37. The van der Waals surface area contributed by atoms with Crippen LogP contribution in [0.15, 0.2) is 4.99 Å². The van der Waals surface area contributed by atoms with E-state index in [1.165, 1.54) is 7.11 Å². The van der Waals surface area contributed by atoms with Crippen LogP contribution in [-0.4, -0.2) is 44.5 Å². The first-order chi connectivity index (χ1) is 5.07. The van der Waals surface area contributed by atoms with Gasteiger partial charge in [-0.25, -0.2) is 4.79 Å². The number of carbonyl (C=O) groups excluding carboxylic acids is 1. The standard InChI is InChI=1S/C7H14N2O2/c1-6(7(10)11-4)8-5-9(2)3/h5-6H,1-4H3. The second-order valence-electron chi connectivity index (χ2n) is 2.43. The van der Waals surface area contributed by atoms with Crippen molar-refractivity contribution < 1.29 is 9.53 Å². The molecule has 4 heteroatoms. The molecule has 64 valence electrons. The van der Waals surface area contributed by atoms with Gasteiger partial charge in [-0.3, -0.25) is 4.99 Å². The highest BCUT2D eigenvalue weighted by atomic mass is 16.5. The van der Waals surface area contributed by atoms with Crippen molar-refractivity contribution in [1.29, 1.82) is 0 Å². The number of ether oxygens (including phenoxy) is 1. The molecule has 1 atom stereocenters. The molecule has 0 heterocycles. The van der Waals surface area contributed by atoms with Crippen LogP contribution in [0.2, 0.25) is 0 Å². The molecule has 0 aromatic rings. The highest BCUT2D eigenvalue weighted by Crippen LogP contribution is 1.90. The highest BCUT2D eigenvalue weighted by Gasteiger charge is 2.09. The molecule has 0 aromatic heterocycles. The van der Waals surface area contributed by atoms with Crippen LogP contribution in [0.4, 0.5) is 0 Å². The van der Waals surface area contributed by atoms with Gasteiger partial charge in [-0.05, 0) is 6.92 Å². The number of hydrogen-bond acceptors (Lipinski definition) is 3. The maximum absolute atomic E-state index is 10.8. The number of nitrogens with zero attached hydrogens (tertiary/aromatic N) is 2. The van der Waals surface area contributed by atoms with Crippen molar-refractivity contribution in [3.8, 4) is 0 Å². The van der Waals surface area contributed by atoms with Crippen molar-refractivity contribution in [1.82, 2.24) is 4.90 Å². The molecule has 0 radical (unpaired) electrons. The summed E-state index contributed by atoms with van der Waals surface area (Å²) in [7, 11) is 5.03. The van der Waals surface area contributed by atoms with E-state index in [0.717, 1.165) is 0 Å². The molecule has 0 aliphatic heterocycles. The fourth-order valence-electron chi connectivity index (χ4n) is 0.465. The van der Waals surface area contributed by atoms with Gasteiger partial charge in [0.15, 0.2) is 0 Å². The molecule has 0 aliphatic rings. The van der Waals surface area contributed by atoms with Crippen LogP contribution in [0.5, 0.6) is 0 Å². The molecule has 0 saturated heterocycles. The average molecular weight is 158 g/mol. The summed E-state index contributed by atoms with van der Waals surface area (Å²) in [6.45, 7) is 1.69. The van der Waals surface area contributed by atoms with Crippen molar-refractivity contribution in [2.24, 2.45) is 4.99 Å². The topological polar surface area (TPSA) is 41.9 Å². The molecule has 0 aliphatic carbocycles. The third-order valence-corrected chi connectivity index (χ3v) is 1.06. The molecular formula is C7H14N2O2. The number of esters is 1. The Morgan fingerprint density at radius 1 is 1.64 bits per heavy atom. The summed E-state index contributed by atoms with van der Waals surface area (Å²) in [6.07, 6.45) is 1.58. The lowest BCUT2D eigenvalue weighted by atomic mass is 10.4. The van der Waals surface area contributed by atoms with Gasteiger partial charge in [-0.15, -0.1) is 0 Å². The third-order valence-electron chi connectivity index (χ3n) is 1.06. The van der Waals surface area contributed by atoms with Crippen molar-refractivity contribution in [3.05, 3.63) is 0 Å². The van der Waals surface area contributed by atoms with E-state index in [9.17, 15) is 4.79 Å². The minimum atomic E-state index is -0.414. The predicted molar refractivity (Wildman–Crippen MR) is 43.7 cm³/mol. The van der Waals surface area contributed by atoms with Gasteiger partial charge in [-0.2, -0.15) is 0 Å². The largest absolute Gasteiger partial charge is 0.467 e. The van der Waals surface area contributed by atoms with Crippen molar-refractivity contribution >= 4 is 12.3 Å². The Morgan fingerprint density at radius 2 is 2.18 bits per heavy atom. The lowest BCUT2D eigenvalue weighted by molar-refractivity contribution is -0.141. The summed E-state index contributed by atoms with van der Waals surface area (Å²) in [5.74, 6) is -0.317. The summed E-state index contributed by atoms with van der Waals surface area (Å²) in [4.78, 5) is 16.5. The molecule has 0 spiro atoms. The van der Waals surface area contributed by atoms with Gasteiger partial charge < -0.3 is 9.64 Å². The van der Waals surface area contributed by atoms with Crippen LogP contribution in [0.1, 0.15) is 6.92 Å². The van der Waals surface area contributed by atoms with E-state index in [-0.39, 0.29) is 5.97 Å². The number of aliphatic imine (C=N–C) groups is 1. The van der Waals surface area contributed by atoms with Crippen molar-refractivity contribution in [3.63, 3.8) is 0 Å². The van der Waals surface area contributed by atoms with Crippen LogP contribution in [0, 0.1) is 0 Å². The predicted octanol–water partition coefficient (Wildman–Crippen LogP) is 0.138. The monoisotopic (exact) mass is 158 g/mol. The first kappa shape index (κ1) is 9.94. The lowest BCUT2D eigenvalue weighted by Gasteiger charge is -2.06. The molecular weight excluding hydrogens is 144 g/mol. The smallest absolute Gasteiger partial charge is 0.330 e. The maximum Gasteiger partial charge on any atom is 0.330 e. The van der Waals surface area contributed by atoms with Crippen molar-refractivity contribution in [2.45, 2.75) is 13.0 Å². The number of hydrogen-bond donors (Lipinski definition) is 0. The molecule has 1 unspecified atom stereocenters. The minimum absolute atomic E-state index is 0.317. The van der Waals surface area contributed by atoms with Gasteiger partial charge in [0.1, 0.15) is 6.04 Å². The van der Waals surface area contributed by atoms with Crippen molar-refractivity contribution in [2.75, 3.05) is 21.2 Å². The Balaban J connectivity index is 3.86. The minimum Gasteiger partial charge on any atom is -0.467 e. The molecule has 0 N–H and O–H groups in total. The first-order valence-electron chi connectivity index (χ1n) is 3.35. The van der Waals surface area contributed by atoms with Gasteiger partial charge in [0.2, 0.25) is 0 Å². The second kappa shape index (κ2) is 4.71. The van der Waals surface area contributed by atoms with Crippen LogP contribution in [0.3, 0.4) is 0 Å². The van der Waals surface area contributed by atoms with Gasteiger partial charge in [0.05, 0.1) is 13.4 Å². The number of rotatable bonds is 3. The Morgan fingerprint density at radius 3 is 2.55 bits per heavy atom.